The van der Waals surface area contributed by atoms with Gasteiger partial charge in [0, 0.05) is 50.6 Å². The van der Waals surface area contributed by atoms with Gasteiger partial charge in [0.2, 0.25) is 5.82 Å². The molecule has 0 saturated carbocycles. The smallest absolute Gasteiger partial charge is 0.218 e. The Labute approximate surface area is 178 Å². The van der Waals surface area contributed by atoms with Crippen LogP contribution in [0.25, 0.3) is 28.4 Å². The molecule has 0 aliphatic heterocycles. The summed E-state index contributed by atoms with van der Waals surface area (Å²) in [5.74, 6) is 2.45. The van der Waals surface area contributed by atoms with E-state index < -0.39 is 0 Å². The van der Waals surface area contributed by atoms with Gasteiger partial charge in [-0.1, -0.05) is 0 Å². The molecule has 5 heterocycles. The molecule has 5 aromatic heterocycles. The maximum absolute atomic E-state index is 4.76. The summed E-state index contributed by atoms with van der Waals surface area (Å²) in [6.07, 6.45) is 10.6. The lowest BCUT2D eigenvalue weighted by atomic mass is 10.1. The molecule has 0 bridgehead atoms. The summed E-state index contributed by atoms with van der Waals surface area (Å²) in [6, 6.07) is 3.77. The summed E-state index contributed by atoms with van der Waals surface area (Å²) in [5.41, 5.74) is 3.73. The van der Waals surface area contributed by atoms with E-state index in [0.29, 0.717) is 23.3 Å². The van der Waals surface area contributed by atoms with E-state index in [1.807, 2.05) is 54.8 Å². The Morgan fingerprint density at radius 3 is 2.53 bits per heavy atom. The van der Waals surface area contributed by atoms with Crippen molar-refractivity contribution in [2.45, 2.75) is 6.92 Å². The Morgan fingerprint density at radius 2 is 1.87 bits per heavy atom. The third kappa shape index (κ3) is 3.26. The summed E-state index contributed by atoms with van der Waals surface area (Å²) in [5, 5.41) is 12.5. The number of fused-ring (bicyclic) bond motifs is 1. The third-order valence-electron chi connectivity index (χ3n) is 4.72. The van der Waals surface area contributed by atoms with Crippen LogP contribution in [0.15, 0.2) is 49.4 Å². The summed E-state index contributed by atoms with van der Waals surface area (Å²) in [6.45, 7) is 2.04. The fourth-order valence-electron chi connectivity index (χ4n) is 3.30. The van der Waals surface area contributed by atoms with Crippen molar-refractivity contribution in [3.63, 3.8) is 0 Å². The van der Waals surface area contributed by atoms with Gasteiger partial charge in [-0.05, 0) is 24.6 Å². The van der Waals surface area contributed by atoms with Crippen molar-refractivity contribution in [2.75, 3.05) is 5.32 Å². The average Bonchev–Trinajstić information content (AvgIpc) is 3.41. The third-order valence-corrected chi connectivity index (χ3v) is 4.72. The lowest BCUT2D eigenvalue weighted by molar-refractivity contribution is 0.770. The molecule has 5 aromatic rings. The van der Waals surface area contributed by atoms with E-state index in [2.05, 4.69) is 25.4 Å². The van der Waals surface area contributed by atoms with Gasteiger partial charge in [-0.3, -0.25) is 4.68 Å². The Morgan fingerprint density at radius 1 is 1.00 bits per heavy atom. The van der Waals surface area contributed by atoms with Gasteiger partial charge in [0.1, 0.15) is 17.7 Å². The summed E-state index contributed by atoms with van der Waals surface area (Å²) < 4.78 is 5.48. The SMILES string of the molecule is Cc1c(-c2ccn(C)n2)cn2nc(-c3nccn3C)nc(Nc3ccncn3)c12.Cl. The molecule has 0 aromatic carbocycles. The number of rotatable bonds is 4. The lowest BCUT2D eigenvalue weighted by Gasteiger charge is -2.09. The zero-order chi connectivity index (χ0) is 20.0. The van der Waals surface area contributed by atoms with Gasteiger partial charge in [-0.25, -0.2) is 24.5 Å². The lowest BCUT2D eigenvalue weighted by Crippen LogP contribution is -2.06. The van der Waals surface area contributed by atoms with E-state index >= 15 is 0 Å². The molecule has 0 radical (unpaired) electrons. The normalized spacial score (nSPS) is 10.9. The average molecular weight is 423 g/mol. The Balaban J connectivity index is 0.00000218. The first-order valence-corrected chi connectivity index (χ1v) is 9.01. The number of nitrogens with one attached hydrogen (secondary N) is 1. The summed E-state index contributed by atoms with van der Waals surface area (Å²) in [4.78, 5) is 17.4. The molecule has 0 aliphatic rings. The van der Waals surface area contributed by atoms with Crippen molar-refractivity contribution >= 4 is 29.6 Å². The van der Waals surface area contributed by atoms with Crippen molar-refractivity contribution in [3.8, 4) is 22.9 Å². The molecule has 10 nitrogen and oxygen atoms in total. The summed E-state index contributed by atoms with van der Waals surface area (Å²) in [7, 11) is 3.81. The molecule has 152 valence electrons. The number of aryl methyl sites for hydroxylation is 3. The topological polar surface area (TPSA) is 104 Å². The van der Waals surface area contributed by atoms with E-state index in [9.17, 15) is 0 Å². The minimum absolute atomic E-state index is 0. The molecule has 30 heavy (non-hydrogen) atoms. The highest BCUT2D eigenvalue weighted by atomic mass is 35.5. The van der Waals surface area contributed by atoms with Crippen LogP contribution in [0.3, 0.4) is 0 Å². The Kier molecular flexibility index (Phi) is 4.92. The van der Waals surface area contributed by atoms with Gasteiger partial charge in [0.25, 0.3) is 0 Å². The predicted octanol–water partition coefficient (Wildman–Crippen LogP) is 2.79. The molecule has 0 fully saturated rings. The highest BCUT2D eigenvalue weighted by Gasteiger charge is 2.19. The van der Waals surface area contributed by atoms with Gasteiger partial charge in [0.05, 0.1) is 5.69 Å². The van der Waals surface area contributed by atoms with Crippen LogP contribution in [0.4, 0.5) is 11.6 Å². The fraction of sp³-hybridized carbons (Fsp3) is 0.158. The second kappa shape index (κ2) is 7.56. The molecule has 5 rings (SSSR count). The van der Waals surface area contributed by atoms with Crippen LogP contribution in [0.1, 0.15) is 5.56 Å². The van der Waals surface area contributed by atoms with Crippen LogP contribution < -0.4 is 5.32 Å². The first-order chi connectivity index (χ1) is 14.1. The molecule has 0 unspecified atom stereocenters. The van der Waals surface area contributed by atoms with Crippen LogP contribution >= 0.6 is 12.4 Å². The number of imidazole rings is 1. The van der Waals surface area contributed by atoms with Gasteiger partial charge >= 0.3 is 0 Å². The summed E-state index contributed by atoms with van der Waals surface area (Å²) >= 11 is 0. The Hall–Kier alpha value is -3.79. The van der Waals surface area contributed by atoms with Gasteiger partial charge < -0.3 is 9.88 Å². The molecule has 0 saturated heterocycles. The van der Waals surface area contributed by atoms with E-state index in [0.717, 1.165) is 22.3 Å². The minimum Gasteiger partial charge on any atom is -0.331 e. The van der Waals surface area contributed by atoms with Crippen molar-refractivity contribution in [1.82, 2.24) is 43.9 Å². The quantitative estimate of drug-likeness (QED) is 0.475. The molecule has 0 aliphatic carbocycles. The second-order valence-corrected chi connectivity index (χ2v) is 6.70. The van der Waals surface area contributed by atoms with Gasteiger partial charge in [-0.2, -0.15) is 5.10 Å². The van der Waals surface area contributed by atoms with Crippen LogP contribution in [0, 0.1) is 6.92 Å². The highest BCUT2D eigenvalue weighted by Crippen LogP contribution is 2.32. The number of nitrogens with zero attached hydrogens (tertiary/aromatic N) is 9. The maximum Gasteiger partial charge on any atom is 0.218 e. The first-order valence-electron chi connectivity index (χ1n) is 9.01. The van der Waals surface area contributed by atoms with Crippen LogP contribution in [-0.4, -0.2) is 43.9 Å². The number of aromatic nitrogens is 9. The molecule has 11 heteroatoms. The molecular weight excluding hydrogens is 404 g/mol. The van der Waals surface area contributed by atoms with Crippen molar-refractivity contribution in [1.29, 1.82) is 0 Å². The van der Waals surface area contributed by atoms with Gasteiger partial charge in [-0.15, -0.1) is 17.5 Å². The van der Waals surface area contributed by atoms with Crippen molar-refractivity contribution in [3.05, 3.63) is 55.0 Å². The van der Waals surface area contributed by atoms with E-state index in [1.165, 1.54) is 6.33 Å². The minimum atomic E-state index is 0. The Bertz CT molecular complexity index is 1320. The zero-order valence-corrected chi connectivity index (χ0v) is 17.4. The predicted molar refractivity (Wildman–Crippen MR) is 115 cm³/mol. The second-order valence-electron chi connectivity index (χ2n) is 6.70. The van der Waals surface area contributed by atoms with Crippen LogP contribution in [0.2, 0.25) is 0 Å². The monoisotopic (exact) mass is 422 g/mol. The first kappa shape index (κ1) is 19.5. The van der Waals surface area contributed by atoms with Gasteiger partial charge in [0.15, 0.2) is 11.6 Å². The molecular formula is C19H19ClN10. The number of hydrogen-bond donors (Lipinski definition) is 1. The standard InChI is InChI=1S/C19H18N10.ClH/c1-12-13(14-5-8-28(3)25-14)10-29-16(12)17(23-15-4-6-20-11-22-15)24-18(26-29)19-21-7-9-27(19)2;/h4-11H,1-3H3,(H,20,22,23,24,26);1H. The highest BCUT2D eigenvalue weighted by molar-refractivity contribution is 5.85. The number of hydrogen-bond acceptors (Lipinski definition) is 7. The van der Waals surface area contributed by atoms with Crippen LogP contribution in [-0.2, 0) is 14.1 Å². The van der Waals surface area contributed by atoms with E-state index in [1.54, 1.807) is 23.1 Å². The molecule has 1 N–H and O–H groups in total. The number of halogens is 1. The molecule has 0 spiro atoms. The van der Waals surface area contributed by atoms with E-state index in [4.69, 9.17) is 10.1 Å². The van der Waals surface area contributed by atoms with Crippen molar-refractivity contribution < 1.29 is 0 Å². The number of anilines is 2. The maximum atomic E-state index is 4.76. The van der Waals surface area contributed by atoms with E-state index in [-0.39, 0.29) is 12.4 Å². The van der Waals surface area contributed by atoms with Crippen LogP contribution in [0.5, 0.6) is 0 Å². The van der Waals surface area contributed by atoms with Crippen molar-refractivity contribution in [2.24, 2.45) is 14.1 Å². The molecule has 0 amide bonds. The zero-order valence-electron chi connectivity index (χ0n) is 16.6. The largest absolute Gasteiger partial charge is 0.331 e. The fourth-order valence-corrected chi connectivity index (χ4v) is 3.30. The molecule has 0 atom stereocenters.